The molecular weight excluding hydrogens is 325 g/mol. The molecule has 2 rings (SSSR count). The molecule has 0 fully saturated rings. The molecule has 0 aliphatic heterocycles. The summed E-state index contributed by atoms with van der Waals surface area (Å²) in [5.41, 5.74) is 0.459. The quantitative estimate of drug-likeness (QED) is 0.840. The lowest BCUT2D eigenvalue weighted by Crippen LogP contribution is -2.41. The monoisotopic (exact) mass is 343 g/mol. The minimum Gasteiger partial charge on any atom is -0.480 e. The fraction of sp³-hybridized carbons (Fsp3) is 0.400. The van der Waals surface area contributed by atoms with Crippen molar-refractivity contribution < 1.29 is 27.1 Å². The molecule has 8 heteroatoms. The van der Waals surface area contributed by atoms with E-state index in [1.165, 1.54) is 19.1 Å². The molecular formula is C15H18FNO5S. The number of carboxylic acids is 1. The summed E-state index contributed by atoms with van der Waals surface area (Å²) >= 11 is 0. The first kappa shape index (κ1) is 17.4. The van der Waals surface area contributed by atoms with E-state index in [-0.39, 0.29) is 23.5 Å². The molecule has 1 aromatic carbocycles. The van der Waals surface area contributed by atoms with Gasteiger partial charge in [-0.2, -0.15) is 4.72 Å². The average molecular weight is 343 g/mol. The van der Waals surface area contributed by atoms with Gasteiger partial charge in [0, 0.05) is 10.9 Å². The third-order valence-electron chi connectivity index (χ3n) is 3.40. The predicted octanol–water partition coefficient (Wildman–Crippen LogP) is 2.66. The number of benzene rings is 1. The van der Waals surface area contributed by atoms with E-state index in [2.05, 4.69) is 4.72 Å². The normalized spacial score (nSPS) is 13.6. The molecule has 1 aromatic heterocycles. The van der Waals surface area contributed by atoms with Gasteiger partial charge in [0.1, 0.15) is 17.4 Å². The Morgan fingerprint density at radius 3 is 2.61 bits per heavy atom. The topological polar surface area (TPSA) is 96.6 Å². The van der Waals surface area contributed by atoms with Gasteiger partial charge in [-0.15, -0.1) is 0 Å². The Hall–Kier alpha value is -1.93. The lowest BCUT2D eigenvalue weighted by molar-refractivity contribution is -0.139. The van der Waals surface area contributed by atoms with Crippen LogP contribution in [0.3, 0.4) is 0 Å². The third-order valence-corrected chi connectivity index (χ3v) is 4.87. The summed E-state index contributed by atoms with van der Waals surface area (Å²) in [5, 5.41) is 9.11. The van der Waals surface area contributed by atoms with Gasteiger partial charge in [-0.25, -0.2) is 12.8 Å². The molecule has 2 N–H and O–H groups in total. The Bertz CT molecular complexity index is 841. The summed E-state index contributed by atoms with van der Waals surface area (Å²) in [6.07, 6.45) is 0.141. The zero-order chi connectivity index (χ0) is 17.4. The second-order valence-corrected chi connectivity index (χ2v) is 7.41. The molecule has 0 amide bonds. The smallest absolute Gasteiger partial charge is 0.321 e. The van der Waals surface area contributed by atoms with Crippen LogP contribution in [0.5, 0.6) is 0 Å². The van der Waals surface area contributed by atoms with E-state index < -0.39 is 32.9 Å². The van der Waals surface area contributed by atoms with Crippen LogP contribution in [-0.4, -0.2) is 25.5 Å². The lowest BCUT2D eigenvalue weighted by atomic mass is 10.1. The molecule has 126 valence electrons. The third kappa shape index (κ3) is 3.70. The predicted molar refractivity (Wildman–Crippen MR) is 82.1 cm³/mol. The number of fused-ring (bicyclic) bond motifs is 1. The minimum absolute atomic E-state index is 0.00957. The van der Waals surface area contributed by atoms with E-state index in [0.717, 1.165) is 6.07 Å². The molecule has 0 saturated heterocycles. The highest BCUT2D eigenvalue weighted by molar-refractivity contribution is 7.89. The maximum atomic E-state index is 13.3. The maximum absolute atomic E-state index is 13.3. The molecule has 0 aliphatic rings. The van der Waals surface area contributed by atoms with Gasteiger partial charge in [0.15, 0.2) is 0 Å². The first-order valence-corrected chi connectivity index (χ1v) is 8.54. The summed E-state index contributed by atoms with van der Waals surface area (Å²) in [7, 11) is -4.18. The summed E-state index contributed by atoms with van der Waals surface area (Å²) in [6, 6.07) is 2.41. The van der Waals surface area contributed by atoms with Crippen LogP contribution in [0, 0.1) is 18.7 Å². The number of hydrogen-bond acceptors (Lipinski definition) is 4. The Morgan fingerprint density at radius 2 is 2.04 bits per heavy atom. The minimum atomic E-state index is -4.18. The summed E-state index contributed by atoms with van der Waals surface area (Å²) < 4.78 is 45.6. The Kier molecular flexibility index (Phi) is 4.76. The van der Waals surface area contributed by atoms with Crippen LogP contribution in [0.1, 0.15) is 25.8 Å². The fourth-order valence-corrected chi connectivity index (χ4v) is 3.73. The van der Waals surface area contributed by atoms with E-state index in [1.54, 1.807) is 13.8 Å². The van der Waals surface area contributed by atoms with Crippen LogP contribution in [0.2, 0.25) is 0 Å². The molecule has 0 unspecified atom stereocenters. The molecule has 6 nitrogen and oxygen atoms in total. The zero-order valence-corrected chi connectivity index (χ0v) is 13.8. The number of carbonyl (C=O) groups is 1. The lowest BCUT2D eigenvalue weighted by Gasteiger charge is -2.15. The largest absolute Gasteiger partial charge is 0.480 e. The van der Waals surface area contributed by atoms with Gasteiger partial charge in [0.25, 0.3) is 10.0 Å². The van der Waals surface area contributed by atoms with Crippen molar-refractivity contribution in [2.24, 2.45) is 5.92 Å². The van der Waals surface area contributed by atoms with E-state index in [4.69, 9.17) is 4.42 Å². The van der Waals surface area contributed by atoms with Gasteiger partial charge in [-0.05, 0) is 37.5 Å². The first-order valence-electron chi connectivity index (χ1n) is 7.05. The number of aliphatic carboxylic acids is 1. The van der Waals surface area contributed by atoms with Gasteiger partial charge < -0.3 is 9.52 Å². The molecule has 0 spiro atoms. The SMILES string of the molecule is Cc1c(S(=O)(=O)N[C@@H](CC(C)C)C(=O)O)oc2ccc(F)cc12. The number of rotatable bonds is 6. The van der Waals surface area contributed by atoms with Gasteiger partial charge in [0.2, 0.25) is 5.09 Å². The van der Waals surface area contributed by atoms with Crippen molar-refractivity contribution in [2.45, 2.75) is 38.3 Å². The number of halogens is 1. The number of sulfonamides is 1. The van der Waals surface area contributed by atoms with Crippen molar-refractivity contribution in [1.29, 1.82) is 0 Å². The fourth-order valence-electron chi connectivity index (χ4n) is 2.34. The second-order valence-electron chi connectivity index (χ2n) is 5.80. The van der Waals surface area contributed by atoms with Crippen molar-refractivity contribution in [1.82, 2.24) is 4.72 Å². The first-order chi connectivity index (χ1) is 10.6. The van der Waals surface area contributed by atoms with E-state index in [1.807, 2.05) is 0 Å². The van der Waals surface area contributed by atoms with E-state index in [0.29, 0.717) is 5.39 Å². The summed E-state index contributed by atoms with van der Waals surface area (Å²) in [5.74, 6) is -1.78. The number of aryl methyl sites for hydroxylation is 1. The number of hydrogen-bond donors (Lipinski definition) is 2. The Labute approximate surface area is 133 Å². The van der Waals surface area contributed by atoms with Crippen LogP contribution in [-0.2, 0) is 14.8 Å². The van der Waals surface area contributed by atoms with Crippen molar-refractivity contribution in [3.05, 3.63) is 29.6 Å². The number of nitrogens with one attached hydrogen (secondary N) is 1. The second kappa shape index (κ2) is 6.29. The highest BCUT2D eigenvalue weighted by Crippen LogP contribution is 2.29. The maximum Gasteiger partial charge on any atom is 0.321 e. The molecule has 0 aliphatic carbocycles. The van der Waals surface area contributed by atoms with E-state index in [9.17, 15) is 22.7 Å². The summed E-state index contributed by atoms with van der Waals surface area (Å²) in [4.78, 5) is 11.2. The van der Waals surface area contributed by atoms with Crippen molar-refractivity contribution in [3.63, 3.8) is 0 Å². The Morgan fingerprint density at radius 1 is 1.39 bits per heavy atom. The van der Waals surface area contributed by atoms with Gasteiger partial charge in [0.05, 0.1) is 0 Å². The molecule has 1 heterocycles. The molecule has 1 atom stereocenters. The van der Waals surface area contributed by atoms with Crippen LogP contribution >= 0.6 is 0 Å². The van der Waals surface area contributed by atoms with Crippen molar-refractivity contribution in [3.8, 4) is 0 Å². The zero-order valence-electron chi connectivity index (χ0n) is 13.0. The van der Waals surface area contributed by atoms with Gasteiger partial charge >= 0.3 is 5.97 Å². The van der Waals surface area contributed by atoms with Crippen LogP contribution in [0.4, 0.5) is 4.39 Å². The number of carboxylic acid groups (broad SMARTS) is 1. The number of furan rings is 1. The Balaban J connectivity index is 2.43. The van der Waals surface area contributed by atoms with Crippen LogP contribution < -0.4 is 4.72 Å². The molecule has 0 radical (unpaired) electrons. The van der Waals surface area contributed by atoms with Gasteiger partial charge in [-0.3, -0.25) is 4.79 Å². The van der Waals surface area contributed by atoms with Gasteiger partial charge in [-0.1, -0.05) is 13.8 Å². The standard InChI is InChI=1S/C15H18FNO5S/c1-8(2)6-12(14(18)19)17-23(20,21)15-9(3)11-7-10(16)4-5-13(11)22-15/h4-5,7-8,12,17H,6H2,1-3H3,(H,18,19)/t12-/m0/s1. The van der Waals surface area contributed by atoms with Crippen molar-refractivity contribution in [2.75, 3.05) is 0 Å². The summed E-state index contributed by atoms with van der Waals surface area (Å²) in [6.45, 7) is 5.07. The van der Waals surface area contributed by atoms with E-state index >= 15 is 0 Å². The molecule has 2 aromatic rings. The van der Waals surface area contributed by atoms with Crippen LogP contribution in [0.25, 0.3) is 11.0 Å². The molecule has 0 saturated carbocycles. The molecule has 0 bridgehead atoms. The highest BCUT2D eigenvalue weighted by atomic mass is 32.2. The van der Waals surface area contributed by atoms with Crippen molar-refractivity contribution >= 4 is 27.0 Å². The molecule has 23 heavy (non-hydrogen) atoms. The highest BCUT2D eigenvalue weighted by Gasteiger charge is 2.30. The van der Waals surface area contributed by atoms with Crippen LogP contribution in [0.15, 0.2) is 27.7 Å². The average Bonchev–Trinajstić information content (AvgIpc) is 2.75.